The van der Waals surface area contributed by atoms with Crippen LogP contribution in [0, 0.1) is 0 Å². The van der Waals surface area contributed by atoms with Crippen LogP contribution >= 0.6 is 23.2 Å². The monoisotopic (exact) mass is 379 g/mol. The first-order chi connectivity index (χ1) is 12.1. The van der Waals surface area contributed by atoms with Crippen molar-refractivity contribution >= 4 is 40.6 Å². The molecule has 6 nitrogen and oxygen atoms in total. The van der Waals surface area contributed by atoms with Gasteiger partial charge in [-0.3, -0.25) is 4.79 Å². The van der Waals surface area contributed by atoms with E-state index in [2.05, 4.69) is 27.3 Å². The van der Waals surface area contributed by atoms with E-state index in [-0.39, 0.29) is 5.91 Å². The molecule has 1 fully saturated rings. The Labute approximate surface area is 156 Å². The quantitative estimate of drug-likeness (QED) is 0.882. The summed E-state index contributed by atoms with van der Waals surface area (Å²) in [6.07, 6.45) is 0. The number of likely N-dealkylation sites (N-methyl/N-ethyl adjacent to an activating group) is 1. The highest BCUT2D eigenvalue weighted by molar-refractivity contribution is 6.42. The van der Waals surface area contributed by atoms with E-state index in [1.807, 2.05) is 4.90 Å². The van der Waals surface area contributed by atoms with E-state index < -0.39 is 0 Å². The molecule has 0 saturated carbocycles. The number of anilines is 2. The van der Waals surface area contributed by atoms with Crippen molar-refractivity contribution in [2.75, 3.05) is 38.0 Å². The maximum absolute atomic E-state index is 12.5. The van der Waals surface area contributed by atoms with E-state index in [9.17, 15) is 4.79 Å². The van der Waals surface area contributed by atoms with Gasteiger partial charge in [-0.1, -0.05) is 30.1 Å². The Morgan fingerprint density at radius 2 is 1.84 bits per heavy atom. The lowest BCUT2D eigenvalue weighted by Gasteiger charge is -2.33. The molecule has 0 aliphatic carbocycles. The van der Waals surface area contributed by atoms with Crippen molar-refractivity contribution in [2.45, 2.75) is 6.92 Å². The van der Waals surface area contributed by atoms with Crippen molar-refractivity contribution in [3.8, 4) is 0 Å². The molecule has 25 heavy (non-hydrogen) atoms. The van der Waals surface area contributed by atoms with E-state index in [1.165, 1.54) is 0 Å². The van der Waals surface area contributed by atoms with Gasteiger partial charge in [0.25, 0.3) is 5.91 Å². The molecule has 0 atom stereocenters. The number of piperazine rings is 1. The maximum Gasteiger partial charge on any atom is 0.274 e. The molecule has 1 N–H and O–H groups in total. The Bertz CT molecular complexity index is 745. The first-order valence-corrected chi connectivity index (χ1v) is 8.90. The van der Waals surface area contributed by atoms with Crippen molar-refractivity contribution in [1.29, 1.82) is 0 Å². The fourth-order valence-corrected chi connectivity index (χ4v) is 2.96. The highest BCUT2D eigenvalue weighted by Gasteiger charge is 2.22. The maximum atomic E-state index is 12.5. The van der Waals surface area contributed by atoms with Crippen molar-refractivity contribution in [2.24, 2.45) is 0 Å². The fraction of sp³-hybridized carbons (Fsp3) is 0.353. The van der Waals surface area contributed by atoms with Crippen LogP contribution in [0.25, 0.3) is 0 Å². The molecule has 1 aromatic carbocycles. The van der Waals surface area contributed by atoms with Crippen molar-refractivity contribution in [1.82, 2.24) is 20.0 Å². The summed E-state index contributed by atoms with van der Waals surface area (Å²) in [5.41, 5.74) is 1.10. The number of benzene rings is 1. The first kappa shape index (κ1) is 17.9. The van der Waals surface area contributed by atoms with E-state index in [1.54, 1.807) is 30.3 Å². The van der Waals surface area contributed by atoms with Crippen LogP contribution < -0.4 is 5.32 Å². The van der Waals surface area contributed by atoms with Crippen LogP contribution in [0.1, 0.15) is 17.4 Å². The molecule has 0 radical (unpaired) electrons. The number of aromatic nitrogens is 2. The predicted octanol–water partition coefficient (Wildman–Crippen LogP) is 3.30. The second-order valence-electron chi connectivity index (χ2n) is 5.78. The first-order valence-electron chi connectivity index (χ1n) is 8.14. The number of hydrogen-bond acceptors (Lipinski definition) is 5. The molecule has 0 spiro atoms. The van der Waals surface area contributed by atoms with Gasteiger partial charge in [0.15, 0.2) is 11.5 Å². The third kappa shape index (κ3) is 4.39. The van der Waals surface area contributed by atoms with Gasteiger partial charge in [0, 0.05) is 31.9 Å². The second kappa shape index (κ2) is 7.99. The summed E-state index contributed by atoms with van der Waals surface area (Å²) >= 11 is 11.9. The molecule has 3 rings (SSSR count). The third-order valence-corrected chi connectivity index (χ3v) is 4.92. The molecule has 1 saturated heterocycles. The smallest absolute Gasteiger partial charge is 0.274 e. The van der Waals surface area contributed by atoms with Gasteiger partial charge in [0.1, 0.15) is 0 Å². The van der Waals surface area contributed by atoms with Gasteiger partial charge < -0.3 is 15.1 Å². The summed E-state index contributed by atoms with van der Waals surface area (Å²) in [6.45, 7) is 6.37. The number of nitrogens with one attached hydrogen (secondary N) is 1. The predicted molar refractivity (Wildman–Crippen MR) is 99.8 cm³/mol. The molecule has 132 valence electrons. The van der Waals surface area contributed by atoms with Crippen LogP contribution in [0.2, 0.25) is 10.0 Å². The van der Waals surface area contributed by atoms with Gasteiger partial charge in [-0.2, -0.15) is 0 Å². The number of amides is 1. The minimum Gasteiger partial charge on any atom is -0.339 e. The zero-order valence-electron chi connectivity index (χ0n) is 13.9. The number of carbonyl (C=O) groups excluding carboxylic acids is 1. The second-order valence-corrected chi connectivity index (χ2v) is 6.60. The lowest BCUT2D eigenvalue weighted by molar-refractivity contribution is 0.0636. The van der Waals surface area contributed by atoms with E-state index in [0.717, 1.165) is 38.4 Å². The van der Waals surface area contributed by atoms with Gasteiger partial charge in [-0.15, -0.1) is 10.2 Å². The molecule has 2 heterocycles. The van der Waals surface area contributed by atoms with Crippen LogP contribution in [-0.4, -0.2) is 58.6 Å². The molecule has 2 aromatic rings. The molecule has 1 aliphatic rings. The lowest BCUT2D eigenvalue weighted by atomic mass is 10.2. The number of hydrogen-bond donors (Lipinski definition) is 1. The van der Waals surface area contributed by atoms with Crippen molar-refractivity contribution in [3.63, 3.8) is 0 Å². The molecule has 1 aliphatic heterocycles. The number of rotatable bonds is 4. The molecule has 0 unspecified atom stereocenters. The Balaban J connectivity index is 1.63. The summed E-state index contributed by atoms with van der Waals surface area (Å²) in [5, 5.41) is 12.2. The van der Waals surface area contributed by atoms with Crippen LogP contribution in [0.15, 0.2) is 30.3 Å². The summed E-state index contributed by atoms with van der Waals surface area (Å²) in [7, 11) is 0. The van der Waals surface area contributed by atoms with Crippen LogP contribution in [-0.2, 0) is 0 Å². The Kier molecular flexibility index (Phi) is 5.73. The Morgan fingerprint density at radius 3 is 2.44 bits per heavy atom. The van der Waals surface area contributed by atoms with E-state index >= 15 is 0 Å². The minimum atomic E-state index is -0.0793. The molecule has 0 bridgehead atoms. The highest BCUT2D eigenvalue weighted by atomic mass is 35.5. The standard InChI is InChI=1S/C17H19Cl2N5O/c1-2-23-7-9-24(10-8-23)17(25)15-5-6-16(22-21-15)20-12-3-4-13(18)14(19)11-12/h3-6,11H,2,7-10H2,1H3,(H,20,22). The normalized spacial score (nSPS) is 15.2. The molecule has 1 aromatic heterocycles. The average molecular weight is 380 g/mol. The SMILES string of the molecule is CCN1CCN(C(=O)c2ccc(Nc3ccc(Cl)c(Cl)c3)nn2)CC1. The minimum absolute atomic E-state index is 0.0793. The fourth-order valence-electron chi connectivity index (χ4n) is 2.66. The third-order valence-electron chi connectivity index (χ3n) is 4.18. The van der Waals surface area contributed by atoms with Gasteiger partial charge in [-0.05, 0) is 36.9 Å². The zero-order valence-corrected chi connectivity index (χ0v) is 15.4. The van der Waals surface area contributed by atoms with Crippen molar-refractivity contribution in [3.05, 3.63) is 46.1 Å². The topological polar surface area (TPSA) is 61.4 Å². The van der Waals surface area contributed by atoms with Gasteiger partial charge in [0.05, 0.1) is 10.0 Å². The summed E-state index contributed by atoms with van der Waals surface area (Å²) < 4.78 is 0. The highest BCUT2D eigenvalue weighted by Crippen LogP contribution is 2.26. The van der Waals surface area contributed by atoms with E-state index in [4.69, 9.17) is 23.2 Å². The average Bonchev–Trinajstić information content (AvgIpc) is 2.65. The Hall–Kier alpha value is -1.89. The summed E-state index contributed by atoms with van der Waals surface area (Å²) in [4.78, 5) is 16.6. The largest absolute Gasteiger partial charge is 0.339 e. The molecular weight excluding hydrogens is 361 g/mol. The lowest BCUT2D eigenvalue weighted by Crippen LogP contribution is -2.48. The summed E-state index contributed by atoms with van der Waals surface area (Å²) in [5.74, 6) is 0.454. The van der Waals surface area contributed by atoms with Gasteiger partial charge in [0.2, 0.25) is 0 Å². The number of nitrogens with zero attached hydrogens (tertiary/aromatic N) is 4. The number of carbonyl (C=O) groups is 1. The van der Waals surface area contributed by atoms with Crippen LogP contribution in [0.4, 0.5) is 11.5 Å². The van der Waals surface area contributed by atoms with Gasteiger partial charge in [-0.25, -0.2) is 0 Å². The van der Waals surface area contributed by atoms with E-state index in [0.29, 0.717) is 21.6 Å². The van der Waals surface area contributed by atoms with Gasteiger partial charge >= 0.3 is 0 Å². The zero-order chi connectivity index (χ0) is 17.8. The number of halogens is 2. The molecular formula is C17H19Cl2N5O. The Morgan fingerprint density at radius 1 is 1.08 bits per heavy atom. The summed E-state index contributed by atoms with van der Waals surface area (Å²) in [6, 6.07) is 8.61. The van der Waals surface area contributed by atoms with Crippen molar-refractivity contribution < 1.29 is 4.79 Å². The van der Waals surface area contributed by atoms with Crippen LogP contribution in [0.5, 0.6) is 0 Å². The molecule has 1 amide bonds. The molecule has 8 heteroatoms. The van der Waals surface area contributed by atoms with Crippen LogP contribution in [0.3, 0.4) is 0 Å².